The molecule has 25 heavy (non-hydrogen) atoms. The molecule has 0 aliphatic carbocycles. The number of fused-ring (bicyclic) bond motifs is 1. The molecule has 2 rings (SSSR count). The molecule has 0 radical (unpaired) electrons. The molecule has 0 amide bonds. The summed E-state index contributed by atoms with van der Waals surface area (Å²) in [7, 11) is 0. The minimum atomic E-state index is -1.14. The Balaban J connectivity index is 2.07. The van der Waals surface area contributed by atoms with Gasteiger partial charge in [-0.2, -0.15) is 0 Å². The molecule has 2 aliphatic rings. The molecular formula is C19H32O6. The lowest BCUT2D eigenvalue weighted by Gasteiger charge is -2.32. The number of cyclic esters (lactones) is 1. The van der Waals surface area contributed by atoms with Crippen LogP contribution in [0.3, 0.4) is 0 Å². The van der Waals surface area contributed by atoms with Gasteiger partial charge in [0.1, 0.15) is 5.78 Å². The monoisotopic (exact) mass is 356 g/mol. The summed E-state index contributed by atoms with van der Waals surface area (Å²) in [6.45, 7) is 7.23. The summed E-state index contributed by atoms with van der Waals surface area (Å²) >= 11 is 0. The third kappa shape index (κ3) is 4.80. The van der Waals surface area contributed by atoms with Gasteiger partial charge in [-0.25, -0.2) is 0 Å². The van der Waals surface area contributed by atoms with Crippen LogP contribution in [0.25, 0.3) is 0 Å². The van der Waals surface area contributed by atoms with Crippen molar-refractivity contribution >= 4 is 11.8 Å². The maximum absolute atomic E-state index is 12.7. The number of rotatable bonds is 0. The summed E-state index contributed by atoms with van der Waals surface area (Å²) in [6, 6.07) is 0. The first-order chi connectivity index (χ1) is 11.6. The van der Waals surface area contributed by atoms with Crippen LogP contribution in [-0.4, -0.2) is 52.5 Å². The van der Waals surface area contributed by atoms with Crippen molar-refractivity contribution < 1.29 is 29.3 Å². The summed E-state index contributed by atoms with van der Waals surface area (Å²) in [5.41, 5.74) is -1.29. The molecule has 6 nitrogen and oxygen atoms in total. The van der Waals surface area contributed by atoms with Crippen molar-refractivity contribution in [1.82, 2.24) is 0 Å². The van der Waals surface area contributed by atoms with Crippen molar-refractivity contribution in [3.05, 3.63) is 0 Å². The van der Waals surface area contributed by atoms with Crippen LogP contribution in [-0.2, 0) is 19.1 Å². The minimum absolute atomic E-state index is 0.0972. The predicted octanol–water partition coefficient (Wildman–Crippen LogP) is 1.99. The van der Waals surface area contributed by atoms with E-state index in [4.69, 9.17) is 9.47 Å². The van der Waals surface area contributed by atoms with Crippen LogP contribution in [0, 0.1) is 11.3 Å². The van der Waals surface area contributed by atoms with Crippen LogP contribution in [0.5, 0.6) is 0 Å². The van der Waals surface area contributed by atoms with E-state index in [2.05, 4.69) is 6.92 Å². The Morgan fingerprint density at radius 3 is 2.44 bits per heavy atom. The molecule has 2 fully saturated rings. The fourth-order valence-corrected chi connectivity index (χ4v) is 3.63. The highest BCUT2D eigenvalue weighted by molar-refractivity contribution is 5.87. The van der Waals surface area contributed by atoms with E-state index in [1.807, 2.05) is 0 Å². The van der Waals surface area contributed by atoms with Gasteiger partial charge in [0.25, 0.3) is 0 Å². The van der Waals surface area contributed by atoms with E-state index in [0.29, 0.717) is 12.8 Å². The lowest BCUT2D eigenvalue weighted by molar-refractivity contribution is -0.151. The van der Waals surface area contributed by atoms with Crippen LogP contribution in [0.4, 0.5) is 0 Å². The van der Waals surface area contributed by atoms with Gasteiger partial charge in [0, 0.05) is 12.3 Å². The van der Waals surface area contributed by atoms with Gasteiger partial charge in [0.05, 0.1) is 42.4 Å². The van der Waals surface area contributed by atoms with Crippen molar-refractivity contribution in [2.45, 2.75) is 90.1 Å². The lowest BCUT2D eigenvalue weighted by atomic mass is 9.74. The van der Waals surface area contributed by atoms with Crippen LogP contribution < -0.4 is 0 Å². The molecule has 5 atom stereocenters. The highest BCUT2D eigenvalue weighted by Crippen LogP contribution is 2.43. The Labute approximate surface area is 149 Å². The topological polar surface area (TPSA) is 96.4 Å². The van der Waals surface area contributed by atoms with Crippen LogP contribution in [0.15, 0.2) is 0 Å². The van der Waals surface area contributed by atoms with Gasteiger partial charge >= 0.3 is 5.97 Å². The first-order valence-corrected chi connectivity index (χ1v) is 9.32. The molecule has 6 heteroatoms. The SMILES string of the molecule is CC1C(=O)C(C)(C)C(O)CC(=O)OCCC2OC2(C)CCCCC1O. The van der Waals surface area contributed by atoms with E-state index in [1.54, 1.807) is 20.8 Å². The maximum Gasteiger partial charge on any atom is 0.308 e. The van der Waals surface area contributed by atoms with E-state index in [9.17, 15) is 19.8 Å². The zero-order valence-electron chi connectivity index (χ0n) is 15.8. The van der Waals surface area contributed by atoms with Gasteiger partial charge in [-0.1, -0.05) is 33.6 Å². The van der Waals surface area contributed by atoms with Gasteiger partial charge in [-0.15, -0.1) is 0 Å². The third-order valence-electron chi connectivity index (χ3n) is 5.92. The second kappa shape index (κ2) is 7.72. The molecule has 2 heterocycles. The molecule has 2 N–H and O–H groups in total. The third-order valence-corrected chi connectivity index (χ3v) is 5.92. The number of aliphatic hydroxyl groups excluding tert-OH is 2. The minimum Gasteiger partial charge on any atom is -0.465 e. The number of hydrogen-bond donors (Lipinski definition) is 2. The van der Waals surface area contributed by atoms with Gasteiger partial charge in [0.2, 0.25) is 0 Å². The number of epoxide rings is 1. The van der Waals surface area contributed by atoms with Crippen molar-refractivity contribution in [3.8, 4) is 0 Å². The van der Waals surface area contributed by atoms with Gasteiger partial charge in [-0.05, 0) is 19.8 Å². The molecule has 0 spiro atoms. The molecule has 5 unspecified atom stereocenters. The molecule has 0 aromatic heterocycles. The molecule has 0 saturated carbocycles. The van der Waals surface area contributed by atoms with Crippen molar-refractivity contribution in [1.29, 1.82) is 0 Å². The Hall–Kier alpha value is -0.980. The van der Waals surface area contributed by atoms with Gasteiger partial charge in [-0.3, -0.25) is 9.59 Å². The average Bonchev–Trinajstić information content (AvgIpc) is 3.19. The molecule has 2 saturated heterocycles. The normalized spacial score (nSPS) is 40.9. The lowest BCUT2D eigenvalue weighted by Crippen LogP contribution is -2.44. The van der Waals surface area contributed by atoms with E-state index < -0.39 is 29.5 Å². The number of carbonyl (C=O) groups is 2. The Bertz CT molecular complexity index is 502. The van der Waals surface area contributed by atoms with Crippen LogP contribution in [0.1, 0.15) is 66.2 Å². The second-order valence-electron chi connectivity index (χ2n) is 8.34. The molecule has 0 bridgehead atoms. The van der Waals surface area contributed by atoms with E-state index in [-0.39, 0.29) is 30.5 Å². The maximum atomic E-state index is 12.7. The Morgan fingerprint density at radius 1 is 1.08 bits per heavy atom. The Morgan fingerprint density at radius 2 is 1.76 bits per heavy atom. The number of Topliss-reactive ketones (excluding diaryl/α,β-unsaturated/α-hetero) is 1. The summed E-state index contributed by atoms with van der Waals surface area (Å²) in [5, 5.41) is 20.7. The highest BCUT2D eigenvalue weighted by atomic mass is 16.6. The largest absolute Gasteiger partial charge is 0.465 e. The Kier molecular flexibility index (Phi) is 6.28. The molecule has 0 aromatic rings. The number of hydrogen-bond acceptors (Lipinski definition) is 6. The number of ether oxygens (including phenoxy) is 2. The van der Waals surface area contributed by atoms with Gasteiger partial charge < -0.3 is 19.7 Å². The summed E-state index contributed by atoms with van der Waals surface area (Å²) in [6.07, 6.45) is 1.79. The smallest absolute Gasteiger partial charge is 0.308 e. The first kappa shape index (κ1) is 20.3. The molecule has 144 valence electrons. The predicted molar refractivity (Wildman–Crippen MR) is 91.9 cm³/mol. The van der Waals surface area contributed by atoms with E-state index >= 15 is 0 Å². The number of carbonyl (C=O) groups excluding carboxylic acids is 2. The van der Waals surface area contributed by atoms with Crippen molar-refractivity contribution in [2.75, 3.05) is 6.61 Å². The fourth-order valence-electron chi connectivity index (χ4n) is 3.63. The number of esters is 1. The fraction of sp³-hybridized carbons (Fsp3) is 0.895. The quantitative estimate of drug-likeness (QED) is 0.509. The highest BCUT2D eigenvalue weighted by Gasteiger charge is 2.51. The zero-order valence-corrected chi connectivity index (χ0v) is 15.8. The number of aliphatic hydroxyl groups is 2. The first-order valence-electron chi connectivity index (χ1n) is 9.32. The summed E-state index contributed by atoms with van der Waals surface area (Å²) in [4.78, 5) is 24.6. The van der Waals surface area contributed by atoms with E-state index in [1.165, 1.54) is 0 Å². The zero-order chi connectivity index (χ0) is 18.8. The molecule has 2 aliphatic heterocycles. The number of ketones is 1. The van der Waals surface area contributed by atoms with Crippen molar-refractivity contribution in [2.24, 2.45) is 11.3 Å². The van der Waals surface area contributed by atoms with E-state index in [0.717, 1.165) is 19.3 Å². The summed E-state index contributed by atoms with van der Waals surface area (Å²) in [5.74, 6) is -1.34. The standard InChI is InChI=1S/C19H32O6/c1-12-13(20)7-5-6-9-19(4)15(25-19)8-10-24-16(22)11-14(21)18(2,3)17(12)23/h12-15,20-21H,5-11H2,1-4H3. The second-order valence-corrected chi connectivity index (χ2v) is 8.34. The average molecular weight is 356 g/mol. The molecule has 0 aromatic carbocycles. The van der Waals surface area contributed by atoms with Crippen molar-refractivity contribution in [3.63, 3.8) is 0 Å². The van der Waals surface area contributed by atoms with Gasteiger partial charge in [0.15, 0.2) is 0 Å². The molecular weight excluding hydrogens is 324 g/mol. The summed E-state index contributed by atoms with van der Waals surface area (Å²) < 4.78 is 10.9. The van der Waals surface area contributed by atoms with Crippen LogP contribution >= 0.6 is 0 Å². The van der Waals surface area contributed by atoms with Crippen LogP contribution in [0.2, 0.25) is 0 Å².